The number of thiophene rings is 1. The minimum atomic E-state index is 0.132. The maximum atomic E-state index is 11.9. The van der Waals surface area contributed by atoms with Crippen molar-refractivity contribution < 1.29 is 4.79 Å². The fraction of sp³-hybridized carbons (Fsp3) is 0.333. The van der Waals surface area contributed by atoms with Crippen LogP contribution in [0.5, 0.6) is 0 Å². The molecule has 2 rings (SSSR count). The van der Waals surface area contributed by atoms with Gasteiger partial charge in [0.2, 0.25) is 5.91 Å². The zero-order valence-electron chi connectivity index (χ0n) is 10.1. The Bertz CT molecular complexity index is 467. The first-order valence-electron chi connectivity index (χ1n) is 5.58. The predicted molar refractivity (Wildman–Crippen MR) is 75.5 cm³/mol. The largest absolute Gasteiger partial charge is 0.347 e. The van der Waals surface area contributed by atoms with E-state index in [0.29, 0.717) is 12.3 Å². The standard InChI is InChI=1S/C12H15N3OS2/c1-15(7-11-13-4-5-14-11)12(16)9-17-8-10-3-2-6-18-10/h2-6H,7-9H2,1H3,(H,13,14). The van der Waals surface area contributed by atoms with Gasteiger partial charge in [-0.05, 0) is 11.4 Å². The first-order valence-corrected chi connectivity index (χ1v) is 7.61. The maximum absolute atomic E-state index is 11.9. The van der Waals surface area contributed by atoms with Crippen molar-refractivity contribution >= 4 is 29.0 Å². The minimum Gasteiger partial charge on any atom is -0.347 e. The van der Waals surface area contributed by atoms with Crippen molar-refractivity contribution in [3.8, 4) is 0 Å². The fourth-order valence-electron chi connectivity index (χ4n) is 1.44. The van der Waals surface area contributed by atoms with Gasteiger partial charge < -0.3 is 9.88 Å². The van der Waals surface area contributed by atoms with Gasteiger partial charge in [0, 0.05) is 30.1 Å². The molecule has 0 aromatic carbocycles. The molecule has 1 N–H and O–H groups in total. The number of thioether (sulfide) groups is 1. The van der Waals surface area contributed by atoms with Gasteiger partial charge in [0.1, 0.15) is 5.82 Å². The van der Waals surface area contributed by atoms with Crippen LogP contribution in [0.1, 0.15) is 10.7 Å². The smallest absolute Gasteiger partial charge is 0.232 e. The van der Waals surface area contributed by atoms with E-state index in [4.69, 9.17) is 0 Å². The highest BCUT2D eigenvalue weighted by Crippen LogP contribution is 2.17. The van der Waals surface area contributed by atoms with Crippen molar-refractivity contribution in [3.63, 3.8) is 0 Å². The summed E-state index contributed by atoms with van der Waals surface area (Å²) in [7, 11) is 1.80. The third-order valence-corrected chi connectivity index (χ3v) is 4.44. The van der Waals surface area contributed by atoms with Crippen LogP contribution in [0.4, 0.5) is 0 Å². The van der Waals surface area contributed by atoms with Crippen LogP contribution in [0.15, 0.2) is 29.9 Å². The van der Waals surface area contributed by atoms with Crippen molar-refractivity contribution in [1.29, 1.82) is 0 Å². The number of nitrogens with one attached hydrogen (secondary N) is 1. The van der Waals surface area contributed by atoms with Gasteiger partial charge in [-0.1, -0.05) is 6.07 Å². The van der Waals surface area contributed by atoms with E-state index >= 15 is 0 Å². The highest BCUT2D eigenvalue weighted by Gasteiger charge is 2.10. The van der Waals surface area contributed by atoms with Crippen molar-refractivity contribution in [2.75, 3.05) is 12.8 Å². The number of rotatable bonds is 6. The number of aromatic amines is 1. The third kappa shape index (κ3) is 3.89. The molecular formula is C12H15N3OS2. The topological polar surface area (TPSA) is 49.0 Å². The maximum Gasteiger partial charge on any atom is 0.232 e. The Hall–Kier alpha value is -1.27. The number of imidazole rings is 1. The van der Waals surface area contributed by atoms with Crippen LogP contribution in [0.25, 0.3) is 0 Å². The lowest BCUT2D eigenvalue weighted by Gasteiger charge is -2.15. The van der Waals surface area contributed by atoms with E-state index in [1.54, 1.807) is 47.4 Å². The molecule has 18 heavy (non-hydrogen) atoms. The second kappa shape index (κ2) is 6.61. The van der Waals surface area contributed by atoms with Gasteiger partial charge in [0.05, 0.1) is 12.3 Å². The summed E-state index contributed by atoms with van der Waals surface area (Å²) in [6.45, 7) is 0.533. The van der Waals surface area contributed by atoms with Gasteiger partial charge in [0.25, 0.3) is 0 Å². The molecule has 0 fully saturated rings. The third-order valence-electron chi connectivity index (χ3n) is 2.42. The van der Waals surface area contributed by atoms with Crippen LogP contribution in [-0.2, 0) is 17.1 Å². The molecular weight excluding hydrogens is 266 g/mol. The summed E-state index contributed by atoms with van der Waals surface area (Å²) in [6.07, 6.45) is 3.46. The van der Waals surface area contributed by atoms with Gasteiger partial charge in [-0.3, -0.25) is 4.79 Å². The molecule has 0 saturated heterocycles. The molecule has 0 bridgehead atoms. The van der Waals surface area contributed by atoms with E-state index in [9.17, 15) is 4.79 Å². The average Bonchev–Trinajstić information content (AvgIpc) is 3.01. The Morgan fingerprint density at radius 1 is 1.61 bits per heavy atom. The van der Waals surface area contributed by atoms with Gasteiger partial charge in [-0.2, -0.15) is 0 Å². The van der Waals surface area contributed by atoms with Crippen molar-refractivity contribution in [3.05, 3.63) is 40.6 Å². The molecule has 2 aromatic heterocycles. The number of H-pyrrole nitrogens is 1. The van der Waals surface area contributed by atoms with E-state index in [1.807, 2.05) is 6.07 Å². The molecule has 6 heteroatoms. The lowest BCUT2D eigenvalue weighted by atomic mass is 10.5. The zero-order chi connectivity index (χ0) is 12.8. The number of amides is 1. The first kappa shape index (κ1) is 13.2. The molecule has 0 aliphatic rings. The summed E-state index contributed by atoms with van der Waals surface area (Å²) in [6, 6.07) is 4.13. The van der Waals surface area contributed by atoms with E-state index in [1.165, 1.54) is 4.88 Å². The number of nitrogens with zero attached hydrogens (tertiary/aromatic N) is 2. The minimum absolute atomic E-state index is 0.132. The van der Waals surface area contributed by atoms with Crippen LogP contribution >= 0.6 is 23.1 Å². The summed E-state index contributed by atoms with van der Waals surface area (Å²) in [4.78, 5) is 22.0. The summed E-state index contributed by atoms with van der Waals surface area (Å²) in [5.74, 6) is 2.36. The molecule has 2 heterocycles. The molecule has 0 radical (unpaired) electrons. The number of hydrogen-bond donors (Lipinski definition) is 1. The molecule has 0 saturated carbocycles. The molecule has 0 spiro atoms. The lowest BCUT2D eigenvalue weighted by molar-refractivity contribution is -0.127. The summed E-state index contributed by atoms with van der Waals surface area (Å²) < 4.78 is 0. The van der Waals surface area contributed by atoms with E-state index in [2.05, 4.69) is 21.4 Å². The first-order chi connectivity index (χ1) is 8.75. The predicted octanol–water partition coefficient (Wildman–Crippen LogP) is 2.36. The van der Waals surface area contributed by atoms with E-state index < -0.39 is 0 Å². The van der Waals surface area contributed by atoms with Crippen molar-refractivity contribution in [1.82, 2.24) is 14.9 Å². The van der Waals surface area contributed by atoms with Crippen LogP contribution in [-0.4, -0.2) is 33.6 Å². The monoisotopic (exact) mass is 281 g/mol. The van der Waals surface area contributed by atoms with Crippen LogP contribution in [0, 0.1) is 0 Å². The molecule has 96 valence electrons. The Kier molecular flexibility index (Phi) is 4.83. The van der Waals surface area contributed by atoms with Crippen LogP contribution < -0.4 is 0 Å². The van der Waals surface area contributed by atoms with Crippen LogP contribution in [0.3, 0.4) is 0 Å². The van der Waals surface area contributed by atoms with Crippen molar-refractivity contribution in [2.24, 2.45) is 0 Å². The average molecular weight is 281 g/mol. The fourth-order valence-corrected chi connectivity index (χ4v) is 3.25. The van der Waals surface area contributed by atoms with Gasteiger partial charge in [-0.25, -0.2) is 4.98 Å². The Labute approximate surface area is 114 Å². The summed E-state index contributed by atoms with van der Waals surface area (Å²) >= 11 is 3.37. The normalized spacial score (nSPS) is 10.5. The molecule has 0 aliphatic carbocycles. The highest BCUT2D eigenvalue weighted by molar-refractivity contribution is 7.99. The Morgan fingerprint density at radius 2 is 2.50 bits per heavy atom. The highest BCUT2D eigenvalue weighted by atomic mass is 32.2. The molecule has 2 aromatic rings. The molecule has 0 aliphatic heterocycles. The van der Waals surface area contributed by atoms with Gasteiger partial charge in [-0.15, -0.1) is 23.1 Å². The number of hydrogen-bond acceptors (Lipinski definition) is 4. The summed E-state index contributed by atoms with van der Waals surface area (Å²) in [5, 5.41) is 2.06. The SMILES string of the molecule is CN(Cc1ncc[nH]1)C(=O)CSCc1cccs1. The second-order valence-corrected chi connectivity index (χ2v) is 5.88. The second-order valence-electron chi connectivity index (χ2n) is 3.86. The van der Waals surface area contributed by atoms with E-state index in [0.717, 1.165) is 11.6 Å². The van der Waals surface area contributed by atoms with Crippen LogP contribution in [0.2, 0.25) is 0 Å². The van der Waals surface area contributed by atoms with Gasteiger partial charge >= 0.3 is 0 Å². The zero-order valence-corrected chi connectivity index (χ0v) is 11.8. The number of carbonyl (C=O) groups is 1. The van der Waals surface area contributed by atoms with Gasteiger partial charge in [0.15, 0.2) is 0 Å². The van der Waals surface area contributed by atoms with Crippen molar-refractivity contribution in [2.45, 2.75) is 12.3 Å². The summed E-state index contributed by atoms with van der Waals surface area (Å²) in [5.41, 5.74) is 0. The molecule has 4 nitrogen and oxygen atoms in total. The van der Waals surface area contributed by atoms with E-state index in [-0.39, 0.29) is 5.91 Å². The Balaban J connectivity index is 1.70. The molecule has 1 amide bonds. The molecule has 0 atom stereocenters. The Morgan fingerprint density at radius 3 is 3.17 bits per heavy atom. The lowest BCUT2D eigenvalue weighted by Crippen LogP contribution is -2.28. The molecule has 0 unspecified atom stereocenters. The quantitative estimate of drug-likeness (QED) is 0.884. The number of carbonyl (C=O) groups excluding carboxylic acids is 1. The number of aromatic nitrogens is 2.